The number of hydrogen-bond donors (Lipinski definition) is 3. The monoisotopic (exact) mass is 340 g/mol. The average molecular weight is 340 g/mol. The fourth-order valence-electron chi connectivity index (χ4n) is 2.22. The molecule has 0 saturated carbocycles. The van der Waals surface area contributed by atoms with Crippen LogP contribution in [0.4, 0.5) is 20.3 Å². The van der Waals surface area contributed by atoms with Gasteiger partial charge in [0, 0.05) is 24.3 Å². The summed E-state index contributed by atoms with van der Waals surface area (Å²) in [4.78, 5) is 24.9. The van der Waals surface area contributed by atoms with E-state index in [4.69, 9.17) is 0 Å². The Labute approximate surface area is 143 Å². The SMILES string of the molecule is O=C(NCC#Cc1ccc(N2CCNC2=O)cc1)Nc1cccs1. The second-order valence-corrected chi connectivity index (χ2v) is 5.96. The summed E-state index contributed by atoms with van der Waals surface area (Å²) in [5.41, 5.74) is 1.68. The predicted octanol–water partition coefficient (Wildman–Crippen LogP) is 2.45. The van der Waals surface area contributed by atoms with E-state index in [1.807, 2.05) is 41.8 Å². The number of amides is 4. The quantitative estimate of drug-likeness (QED) is 0.751. The number of carbonyl (C=O) groups excluding carboxylic acids is 2. The van der Waals surface area contributed by atoms with Crippen molar-refractivity contribution in [3.05, 3.63) is 47.3 Å². The van der Waals surface area contributed by atoms with Crippen molar-refractivity contribution in [2.75, 3.05) is 29.9 Å². The zero-order valence-corrected chi connectivity index (χ0v) is 13.7. The van der Waals surface area contributed by atoms with Crippen LogP contribution in [0.5, 0.6) is 0 Å². The van der Waals surface area contributed by atoms with E-state index >= 15 is 0 Å². The zero-order valence-electron chi connectivity index (χ0n) is 12.8. The van der Waals surface area contributed by atoms with Gasteiger partial charge in [0.05, 0.1) is 11.5 Å². The van der Waals surface area contributed by atoms with E-state index in [-0.39, 0.29) is 18.6 Å². The largest absolute Gasteiger partial charge is 0.336 e. The molecule has 3 rings (SSSR count). The number of nitrogens with zero attached hydrogens (tertiary/aromatic N) is 1. The number of thiophene rings is 1. The molecule has 0 bridgehead atoms. The van der Waals surface area contributed by atoms with E-state index in [9.17, 15) is 9.59 Å². The van der Waals surface area contributed by atoms with Gasteiger partial charge in [-0.15, -0.1) is 11.3 Å². The van der Waals surface area contributed by atoms with Crippen LogP contribution in [0, 0.1) is 11.8 Å². The molecule has 122 valence electrons. The number of hydrogen-bond acceptors (Lipinski definition) is 3. The maximum absolute atomic E-state index is 11.6. The topological polar surface area (TPSA) is 73.5 Å². The summed E-state index contributed by atoms with van der Waals surface area (Å²) in [5.74, 6) is 5.88. The van der Waals surface area contributed by atoms with Gasteiger partial charge in [-0.3, -0.25) is 10.2 Å². The van der Waals surface area contributed by atoms with E-state index in [1.165, 1.54) is 11.3 Å². The van der Waals surface area contributed by atoms with Crippen molar-refractivity contribution in [2.24, 2.45) is 0 Å². The van der Waals surface area contributed by atoms with Gasteiger partial charge in [-0.2, -0.15) is 0 Å². The van der Waals surface area contributed by atoms with Gasteiger partial charge in [-0.1, -0.05) is 11.8 Å². The van der Waals surface area contributed by atoms with Crippen LogP contribution in [0.3, 0.4) is 0 Å². The summed E-state index contributed by atoms with van der Waals surface area (Å²) in [5, 5.41) is 10.8. The number of rotatable bonds is 3. The molecule has 1 fully saturated rings. The van der Waals surface area contributed by atoms with E-state index in [0.717, 1.165) is 16.3 Å². The molecule has 0 atom stereocenters. The highest BCUT2D eigenvalue weighted by atomic mass is 32.1. The summed E-state index contributed by atoms with van der Waals surface area (Å²) in [6.45, 7) is 1.60. The van der Waals surface area contributed by atoms with Gasteiger partial charge in [0.1, 0.15) is 0 Å². The minimum absolute atomic E-state index is 0.0743. The molecule has 1 aliphatic heterocycles. The summed E-state index contributed by atoms with van der Waals surface area (Å²) >= 11 is 1.46. The first kappa shape index (κ1) is 15.9. The summed E-state index contributed by atoms with van der Waals surface area (Å²) in [6, 6.07) is 10.8. The van der Waals surface area contributed by atoms with Gasteiger partial charge >= 0.3 is 12.1 Å². The maximum atomic E-state index is 11.6. The summed E-state index contributed by atoms with van der Waals surface area (Å²) < 4.78 is 0. The van der Waals surface area contributed by atoms with Crippen LogP contribution in [-0.2, 0) is 0 Å². The molecular weight excluding hydrogens is 324 g/mol. The van der Waals surface area contributed by atoms with Crippen LogP contribution >= 0.6 is 11.3 Å². The fourth-order valence-corrected chi connectivity index (χ4v) is 2.83. The Bertz CT molecular complexity index is 775. The average Bonchev–Trinajstić information content (AvgIpc) is 3.24. The molecule has 2 aromatic rings. The fraction of sp³-hybridized carbons (Fsp3) is 0.176. The standard InChI is InChI=1S/C17H16N4O2S/c22-16(20-15-4-2-12-24-15)18-9-1-3-13-5-7-14(8-6-13)21-11-10-19-17(21)23/h2,4-8,12H,9-11H2,(H,19,23)(H2,18,20,22). The summed E-state index contributed by atoms with van der Waals surface area (Å²) in [6.07, 6.45) is 0. The molecule has 6 nitrogen and oxygen atoms in total. The Kier molecular flexibility index (Phi) is 4.99. The molecule has 24 heavy (non-hydrogen) atoms. The van der Waals surface area contributed by atoms with Gasteiger partial charge in [0.15, 0.2) is 0 Å². The van der Waals surface area contributed by atoms with Crippen LogP contribution in [0.2, 0.25) is 0 Å². The number of anilines is 2. The molecule has 0 radical (unpaired) electrons. The molecule has 0 unspecified atom stereocenters. The molecule has 7 heteroatoms. The second kappa shape index (κ2) is 7.53. The minimum Gasteiger partial charge on any atom is -0.336 e. The molecule has 3 N–H and O–H groups in total. The van der Waals surface area contributed by atoms with E-state index in [0.29, 0.717) is 13.1 Å². The third kappa shape index (κ3) is 4.06. The van der Waals surface area contributed by atoms with Gasteiger partial charge in [-0.05, 0) is 41.8 Å². The molecule has 1 aliphatic rings. The maximum Gasteiger partial charge on any atom is 0.321 e. The number of urea groups is 2. The second-order valence-electron chi connectivity index (χ2n) is 5.02. The van der Waals surface area contributed by atoms with Crippen molar-refractivity contribution in [1.29, 1.82) is 0 Å². The van der Waals surface area contributed by atoms with Crippen LogP contribution in [0.25, 0.3) is 0 Å². The first-order chi connectivity index (χ1) is 11.7. The third-order valence-electron chi connectivity index (χ3n) is 3.36. The Balaban J connectivity index is 1.49. The highest BCUT2D eigenvalue weighted by Gasteiger charge is 2.20. The minimum atomic E-state index is -0.276. The van der Waals surface area contributed by atoms with Crippen molar-refractivity contribution in [1.82, 2.24) is 10.6 Å². The van der Waals surface area contributed by atoms with Crippen molar-refractivity contribution in [3.63, 3.8) is 0 Å². The van der Waals surface area contributed by atoms with Crippen molar-refractivity contribution >= 4 is 34.1 Å². The number of carbonyl (C=O) groups is 2. The molecule has 2 heterocycles. The first-order valence-corrected chi connectivity index (χ1v) is 8.33. The third-order valence-corrected chi connectivity index (χ3v) is 4.15. The number of nitrogens with one attached hydrogen (secondary N) is 3. The summed E-state index contributed by atoms with van der Waals surface area (Å²) in [7, 11) is 0. The molecule has 1 aromatic heterocycles. The smallest absolute Gasteiger partial charge is 0.321 e. The van der Waals surface area contributed by atoms with Crippen molar-refractivity contribution in [3.8, 4) is 11.8 Å². The van der Waals surface area contributed by atoms with Crippen molar-refractivity contribution < 1.29 is 9.59 Å². The lowest BCUT2D eigenvalue weighted by Crippen LogP contribution is -2.28. The molecular formula is C17H16N4O2S. The highest BCUT2D eigenvalue weighted by Crippen LogP contribution is 2.17. The lowest BCUT2D eigenvalue weighted by atomic mass is 10.2. The van der Waals surface area contributed by atoms with Crippen LogP contribution < -0.4 is 20.9 Å². The van der Waals surface area contributed by atoms with E-state index < -0.39 is 0 Å². The van der Waals surface area contributed by atoms with Crippen molar-refractivity contribution in [2.45, 2.75) is 0 Å². The normalized spacial score (nSPS) is 13.0. The predicted molar refractivity (Wildman–Crippen MR) is 95.4 cm³/mol. The van der Waals surface area contributed by atoms with Gasteiger partial charge in [-0.25, -0.2) is 9.59 Å². The Morgan fingerprint density at radius 1 is 1.29 bits per heavy atom. The number of benzene rings is 1. The molecule has 0 spiro atoms. The highest BCUT2D eigenvalue weighted by molar-refractivity contribution is 7.14. The van der Waals surface area contributed by atoms with Crippen LogP contribution in [-0.4, -0.2) is 31.7 Å². The van der Waals surface area contributed by atoms with Crippen LogP contribution in [0.1, 0.15) is 5.56 Å². The molecule has 1 aromatic carbocycles. The Hall–Kier alpha value is -2.98. The van der Waals surface area contributed by atoms with Crippen LogP contribution in [0.15, 0.2) is 41.8 Å². The van der Waals surface area contributed by atoms with E-state index in [2.05, 4.69) is 27.8 Å². The molecule has 4 amide bonds. The Morgan fingerprint density at radius 3 is 2.79 bits per heavy atom. The lowest BCUT2D eigenvalue weighted by Gasteiger charge is -2.13. The molecule has 0 aliphatic carbocycles. The Morgan fingerprint density at radius 2 is 2.12 bits per heavy atom. The zero-order chi connectivity index (χ0) is 16.8. The molecule has 1 saturated heterocycles. The lowest BCUT2D eigenvalue weighted by molar-refractivity contribution is 0.251. The first-order valence-electron chi connectivity index (χ1n) is 7.45. The van der Waals surface area contributed by atoms with Gasteiger partial charge in [0.25, 0.3) is 0 Å². The van der Waals surface area contributed by atoms with Gasteiger partial charge < -0.3 is 10.6 Å². The van der Waals surface area contributed by atoms with E-state index in [1.54, 1.807) is 4.90 Å². The van der Waals surface area contributed by atoms with Gasteiger partial charge in [0.2, 0.25) is 0 Å².